The number of hydrazine groups is 2. The molecule has 0 aromatic carbocycles. The molecule has 0 radical (unpaired) electrons. The smallest absolute Gasteiger partial charge is 0.287 e. The molecule has 2 aromatic rings. The first-order valence-corrected chi connectivity index (χ1v) is 14.1. The Kier molecular flexibility index (Phi) is 10.7. The number of hydrogen-bond acceptors (Lipinski definition) is 10. The van der Waals surface area contributed by atoms with E-state index in [0.29, 0.717) is 9.75 Å². The normalized spacial score (nSPS) is 21.1. The molecule has 0 bridgehead atoms. The quantitative estimate of drug-likeness (QED) is 0.316. The van der Waals surface area contributed by atoms with Gasteiger partial charge in [-0.3, -0.25) is 30.0 Å². The van der Waals surface area contributed by atoms with Gasteiger partial charge in [0.15, 0.2) is 11.6 Å². The molecule has 0 unspecified atom stereocenters. The molecule has 0 aliphatic carbocycles. The first-order chi connectivity index (χ1) is 20.1. The number of hydrogen-bond donors (Lipinski definition) is 2. The minimum Gasteiger partial charge on any atom is -0.299 e. The van der Waals surface area contributed by atoms with E-state index in [9.17, 15) is 29.7 Å². The third-order valence-electron chi connectivity index (χ3n) is 5.81. The van der Waals surface area contributed by atoms with Crippen molar-refractivity contribution in [2.24, 2.45) is 0 Å². The minimum absolute atomic E-state index is 0.230. The Balaban J connectivity index is 2.04. The van der Waals surface area contributed by atoms with E-state index < -0.39 is 11.8 Å². The van der Waals surface area contributed by atoms with Crippen LogP contribution in [0.5, 0.6) is 0 Å². The van der Waals surface area contributed by atoms with Crippen molar-refractivity contribution in [3.63, 3.8) is 0 Å². The van der Waals surface area contributed by atoms with Crippen LogP contribution in [0, 0.1) is 22.7 Å². The van der Waals surface area contributed by atoms with Crippen molar-refractivity contribution in [3.8, 4) is 12.1 Å². The molecule has 0 spiro atoms. The highest BCUT2D eigenvalue weighted by Crippen LogP contribution is 2.20. The fraction of sp³-hybridized carbons (Fsp3) is 0.133. The van der Waals surface area contributed by atoms with Crippen molar-refractivity contribution in [2.75, 3.05) is 0 Å². The van der Waals surface area contributed by atoms with Gasteiger partial charge in [0, 0.05) is 35.9 Å². The van der Waals surface area contributed by atoms with Crippen LogP contribution >= 0.6 is 22.7 Å². The van der Waals surface area contributed by atoms with Gasteiger partial charge in [-0.25, -0.2) is 10.0 Å². The van der Waals surface area contributed by atoms with E-state index in [1.807, 2.05) is 12.1 Å². The molecule has 12 heteroatoms. The van der Waals surface area contributed by atoms with Crippen LogP contribution in [0.4, 0.5) is 0 Å². The summed E-state index contributed by atoms with van der Waals surface area (Å²) in [5.74, 6) is -2.00. The first kappa shape index (κ1) is 31.2. The third kappa shape index (κ3) is 7.46. The largest absolute Gasteiger partial charge is 0.299 e. The highest BCUT2D eigenvalue weighted by atomic mass is 32.1. The lowest BCUT2D eigenvalue weighted by molar-refractivity contribution is -0.127. The van der Waals surface area contributed by atoms with Crippen LogP contribution < -0.4 is 10.9 Å². The maximum atomic E-state index is 13.6. The summed E-state index contributed by atoms with van der Waals surface area (Å²) in [4.78, 5) is 52.9. The van der Waals surface area contributed by atoms with Gasteiger partial charge in [0.2, 0.25) is 0 Å². The molecule has 1 aliphatic heterocycles. The molecule has 1 aliphatic rings. The zero-order valence-electron chi connectivity index (χ0n) is 23.2. The molecule has 3 heterocycles. The van der Waals surface area contributed by atoms with Gasteiger partial charge in [0.25, 0.3) is 11.8 Å². The predicted molar refractivity (Wildman–Crippen MR) is 160 cm³/mol. The Morgan fingerprint density at radius 2 is 1.12 bits per heavy atom. The van der Waals surface area contributed by atoms with Crippen molar-refractivity contribution in [2.45, 2.75) is 27.7 Å². The van der Waals surface area contributed by atoms with Gasteiger partial charge in [-0.1, -0.05) is 12.1 Å². The highest BCUT2D eigenvalue weighted by molar-refractivity contribution is 7.12. The lowest BCUT2D eigenvalue weighted by atomic mass is 10.1. The van der Waals surface area contributed by atoms with Crippen molar-refractivity contribution >= 4 is 46.1 Å². The molecule has 2 amide bonds. The van der Waals surface area contributed by atoms with Crippen LogP contribution in [-0.2, 0) is 9.59 Å². The monoisotopic (exact) mass is 598 g/mol. The summed E-state index contributed by atoms with van der Waals surface area (Å²) in [6.45, 7) is 6.16. The number of carbonyl (C=O) groups excluding carboxylic acids is 4. The van der Waals surface area contributed by atoms with Gasteiger partial charge < -0.3 is 0 Å². The number of nitrogens with one attached hydrogen (secondary N) is 2. The van der Waals surface area contributed by atoms with Gasteiger partial charge >= 0.3 is 0 Å². The number of nitrogens with zero attached hydrogens (tertiary/aromatic N) is 4. The van der Waals surface area contributed by atoms with Crippen LogP contribution in [0.1, 0.15) is 47.0 Å². The van der Waals surface area contributed by atoms with Gasteiger partial charge in [0.1, 0.15) is 23.3 Å². The number of amides is 2. The first-order valence-electron chi connectivity index (χ1n) is 12.4. The average Bonchev–Trinajstić information content (AvgIpc) is 3.68. The number of thiophene rings is 2. The summed E-state index contributed by atoms with van der Waals surface area (Å²) >= 11 is 2.54. The van der Waals surface area contributed by atoms with E-state index in [-0.39, 0.29) is 45.3 Å². The van der Waals surface area contributed by atoms with Crippen LogP contribution in [0.2, 0.25) is 0 Å². The van der Waals surface area contributed by atoms with Gasteiger partial charge in [0.05, 0.1) is 9.75 Å². The van der Waals surface area contributed by atoms with E-state index in [2.05, 4.69) is 10.9 Å². The lowest BCUT2D eigenvalue weighted by Gasteiger charge is -2.26. The maximum absolute atomic E-state index is 13.6. The second kappa shape index (κ2) is 14.4. The topological polar surface area (TPSA) is 146 Å². The highest BCUT2D eigenvalue weighted by Gasteiger charge is 2.26. The average molecular weight is 599 g/mol. The second-order valence-corrected chi connectivity index (χ2v) is 10.7. The Morgan fingerprint density at radius 1 is 0.738 bits per heavy atom. The van der Waals surface area contributed by atoms with E-state index in [1.165, 1.54) is 73.2 Å². The Labute approximate surface area is 251 Å². The Hall–Kier alpha value is -5.30. The number of rotatable bonds is 8. The van der Waals surface area contributed by atoms with E-state index in [0.717, 1.165) is 10.0 Å². The van der Waals surface area contributed by atoms with E-state index >= 15 is 0 Å². The summed E-state index contributed by atoms with van der Waals surface area (Å²) in [6.07, 6.45) is 7.94. The van der Waals surface area contributed by atoms with Gasteiger partial charge in [-0.2, -0.15) is 10.5 Å². The minimum atomic E-state index is -0.722. The molecule has 42 heavy (non-hydrogen) atoms. The van der Waals surface area contributed by atoms with Crippen LogP contribution in [0.3, 0.4) is 0 Å². The van der Waals surface area contributed by atoms with Crippen LogP contribution in [-0.4, -0.2) is 33.4 Å². The molecule has 2 aromatic heterocycles. The number of allylic oxidation sites excluding steroid dienone is 8. The molecule has 10 nitrogen and oxygen atoms in total. The van der Waals surface area contributed by atoms with Crippen molar-refractivity contribution in [3.05, 3.63) is 115 Å². The molecular weight excluding hydrogens is 573 g/mol. The molecule has 3 rings (SSSR count). The number of nitriles is 2. The Bertz CT molecular complexity index is 1540. The summed E-state index contributed by atoms with van der Waals surface area (Å²) in [5.41, 5.74) is 5.98. The van der Waals surface area contributed by atoms with E-state index in [1.54, 1.807) is 48.9 Å². The predicted octanol–water partition coefficient (Wildman–Crippen LogP) is 5.07. The maximum Gasteiger partial charge on any atom is 0.287 e. The van der Waals surface area contributed by atoms with E-state index in [4.69, 9.17) is 0 Å². The molecule has 2 N–H and O–H groups in total. The summed E-state index contributed by atoms with van der Waals surface area (Å²) in [7, 11) is 0. The van der Waals surface area contributed by atoms with Gasteiger partial charge in [-0.15, -0.1) is 22.7 Å². The third-order valence-corrected chi connectivity index (χ3v) is 7.58. The van der Waals surface area contributed by atoms with Crippen molar-refractivity contribution in [1.82, 2.24) is 20.9 Å². The summed E-state index contributed by atoms with van der Waals surface area (Å²) in [5, 5.41) is 25.5. The fourth-order valence-electron chi connectivity index (χ4n) is 3.75. The standard InChI is InChI=1S/C30H26N6O4S2/c1-19-15-21(3)35(33-11-9-25(37)27-7-5-13-41-27)30(40)24(18-32)20(2)16-22(4)36(29(39)23(19)17-31)34-12-10-26(38)28-8-6-14-42-28/h5-16,33-34H,1-4H3/b11-9-,12-10-,21-15+,22-16+,23-19-,24-20-. The summed E-state index contributed by atoms with van der Waals surface area (Å²) in [6, 6.07) is 10.7. The zero-order chi connectivity index (χ0) is 30.8. The van der Waals surface area contributed by atoms with Crippen LogP contribution in [0.25, 0.3) is 0 Å². The van der Waals surface area contributed by atoms with Crippen molar-refractivity contribution < 1.29 is 19.2 Å². The fourth-order valence-corrected chi connectivity index (χ4v) is 5.04. The molecule has 212 valence electrons. The molecule has 0 fully saturated rings. The molecule has 0 atom stereocenters. The number of ketones is 2. The zero-order valence-corrected chi connectivity index (χ0v) is 24.8. The lowest BCUT2D eigenvalue weighted by Crippen LogP contribution is -2.41. The SMILES string of the molecule is CC1=C(\C#N)C(=O)N(N/C=C\C(=O)c2cccs2)/C(C)=C/C(C)=C(/C#N)C(=O)N(N/C=C\C(=O)c2cccs2)\C(C)=C\1. The Morgan fingerprint density at radius 3 is 1.43 bits per heavy atom. The number of carbonyl (C=O) groups is 4. The van der Waals surface area contributed by atoms with Gasteiger partial charge in [-0.05, 0) is 73.9 Å². The van der Waals surface area contributed by atoms with Crippen molar-refractivity contribution in [1.29, 1.82) is 10.5 Å². The molecule has 0 saturated heterocycles. The second-order valence-electron chi connectivity index (χ2n) is 8.80. The van der Waals surface area contributed by atoms with Crippen LogP contribution in [0.15, 0.2) is 105 Å². The summed E-state index contributed by atoms with van der Waals surface area (Å²) < 4.78 is 0. The molecule has 0 saturated carbocycles. The molecular formula is C30H26N6O4S2.